The maximum Gasteiger partial charge on any atom is 0.289 e. The number of pyridine rings is 1. The second-order valence-corrected chi connectivity index (χ2v) is 11.3. The molecule has 0 spiro atoms. The van der Waals surface area contributed by atoms with Gasteiger partial charge in [-0.25, -0.2) is 4.98 Å². The van der Waals surface area contributed by atoms with Crippen LogP contribution in [0.15, 0.2) is 47.4 Å². The Bertz CT molecular complexity index is 1460. The number of aromatic amines is 1. The molecule has 4 rings (SSSR count). The molecule has 3 aromatic rings. The molecule has 1 fully saturated rings. The number of imidazole rings is 1. The monoisotopic (exact) mass is 660 g/mol. The van der Waals surface area contributed by atoms with E-state index in [1.807, 2.05) is 54.9 Å². The third-order valence-electron chi connectivity index (χ3n) is 7.09. The Morgan fingerprint density at radius 3 is 2.52 bits per heavy atom. The Morgan fingerprint density at radius 1 is 1.10 bits per heavy atom. The summed E-state index contributed by atoms with van der Waals surface area (Å²) in [4.78, 5) is 72.0. The van der Waals surface area contributed by atoms with Gasteiger partial charge in [0.2, 0.25) is 17.5 Å². The van der Waals surface area contributed by atoms with Crippen LogP contribution in [0.1, 0.15) is 55.7 Å². The van der Waals surface area contributed by atoms with Crippen molar-refractivity contribution in [2.75, 3.05) is 6.54 Å². The van der Waals surface area contributed by atoms with Gasteiger partial charge in [0, 0.05) is 24.7 Å². The van der Waals surface area contributed by atoms with Crippen LogP contribution < -0.4 is 21.5 Å². The van der Waals surface area contributed by atoms with Crippen LogP contribution >= 0.6 is 22.9 Å². The van der Waals surface area contributed by atoms with E-state index in [2.05, 4.69) is 25.9 Å². The van der Waals surface area contributed by atoms with Crippen molar-refractivity contribution < 1.29 is 19.2 Å². The van der Waals surface area contributed by atoms with Crippen LogP contribution in [0.2, 0.25) is 0 Å². The fourth-order valence-electron chi connectivity index (χ4n) is 4.28. The van der Waals surface area contributed by atoms with Gasteiger partial charge in [-0.1, -0.05) is 38.5 Å². The van der Waals surface area contributed by atoms with Crippen LogP contribution in [0.25, 0.3) is 11.0 Å². The van der Waals surface area contributed by atoms with Gasteiger partial charge in [-0.15, -0.1) is 0 Å². The van der Waals surface area contributed by atoms with Gasteiger partial charge in [0.1, 0.15) is 12.1 Å². The number of carbonyl (C=O) groups excluding carboxylic acids is 4. The molecular formula is C28H33IN6O5. The van der Waals surface area contributed by atoms with Gasteiger partial charge in [-0.2, -0.15) is 0 Å². The summed E-state index contributed by atoms with van der Waals surface area (Å²) in [5.74, 6) is -2.26. The molecule has 0 aliphatic heterocycles. The molecule has 2 aromatic heterocycles. The summed E-state index contributed by atoms with van der Waals surface area (Å²) in [6.45, 7) is 4.32. The summed E-state index contributed by atoms with van der Waals surface area (Å²) in [6.07, 6.45) is 4.34. The molecule has 3 unspecified atom stereocenters. The topological polar surface area (TPSA) is 155 Å². The first-order valence-electron chi connectivity index (χ1n) is 13.4. The standard InChI is InChI=1S/C28H33IN6O5/c1-3-16(2)13-21(34-28(40)24-32-19-8-4-5-9-22(19)35(24)29)26(38)33-20(14-18-7-6-12-30-25(18)37)23(36)27(39)31-15-17-10-11-17/h4-9,12,16-17,20-21H,3,10-11,13-15H2,1-2H3,(H,30,37)(H,31,39)(H,33,38)(H,34,40). The normalized spacial score (nSPS) is 15.2. The van der Waals surface area contributed by atoms with Crippen LogP contribution in [0.3, 0.4) is 0 Å². The Kier molecular flexibility index (Phi) is 9.71. The zero-order chi connectivity index (χ0) is 28.8. The number of halogens is 1. The van der Waals surface area contributed by atoms with E-state index in [0.717, 1.165) is 24.8 Å². The number of nitrogens with zero attached hydrogens (tertiary/aromatic N) is 2. The van der Waals surface area contributed by atoms with Gasteiger partial charge in [0.15, 0.2) is 0 Å². The highest BCUT2D eigenvalue weighted by molar-refractivity contribution is 14.1. The lowest BCUT2D eigenvalue weighted by Gasteiger charge is -2.24. The number of amides is 3. The third kappa shape index (κ3) is 7.34. The van der Waals surface area contributed by atoms with Crippen molar-refractivity contribution in [3.05, 3.63) is 64.3 Å². The number of para-hydroxylation sites is 2. The fraction of sp³-hybridized carbons (Fsp3) is 0.429. The van der Waals surface area contributed by atoms with Crippen LogP contribution in [-0.4, -0.2) is 54.9 Å². The second-order valence-electron chi connectivity index (χ2n) is 10.3. The van der Waals surface area contributed by atoms with Crippen molar-refractivity contribution >= 4 is 57.4 Å². The third-order valence-corrected chi connectivity index (χ3v) is 8.07. The quantitative estimate of drug-likeness (QED) is 0.163. The van der Waals surface area contributed by atoms with E-state index in [4.69, 9.17) is 0 Å². The first kappa shape index (κ1) is 29.4. The van der Waals surface area contributed by atoms with Gasteiger partial charge in [0.25, 0.3) is 17.4 Å². The summed E-state index contributed by atoms with van der Waals surface area (Å²) >= 11 is 1.99. The SMILES string of the molecule is CCC(C)CC(NC(=O)c1nc2ccccc2n1I)C(=O)NC(Cc1ccc[nH]c1=O)C(=O)C(=O)NCC1CC1. The molecule has 11 nitrogen and oxygen atoms in total. The molecule has 0 bridgehead atoms. The van der Waals surface area contributed by atoms with Gasteiger partial charge >= 0.3 is 0 Å². The van der Waals surface area contributed by atoms with Gasteiger partial charge in [-0.05, 0) is 49.3 Å². The molecule has 0 saturated heterocycles. The molecular weight excluding hydrogens is 627 g/mol. The summed E-state index contributed by atoms with van der Waals surface area (Å²) in [6, 6.07) is 8.15. The molecule has 3 atom stereocenters. The number of hydrogen-bond acceptors (Lipinski definition) is 6. The van der Waals surface area contributed by atoms with Crippen LogP contribution in [0.4, 0.5) is 0 Å². The number of hydrogen-bond donors (Lipinski definition) is 4. The van der Waals surface area contributed by atoms with Crippen LogP contribution in [-0.2, 0) is 20.8 Å². The minimum Gasteiger partial charge on any atom is -0.349 e. The van der Waals surface area contributed by atoms with E-state index in [-0.39, 0.29) is 23.7 Å². The molecule has 0 radical (unpaired) electrons. The Hall–Kier alpha value is -3.55. The number of fused-ring (bicyclic) bond motifs is 1. The lowest BCUT2D eigenvalue weighted by atomic mass is 9.97. The second kappa shape index (κ2) is 13.2. The minimum atomic E-state index is -1.29. The molecule has 2 heterocycles. The van der Waals surface area contributed by atoms with Crippen molar-refractivity contribution in [3.8, 4) is 0 Å². The number of nitrogens with one attached hydrogen (secondary N) is 4. The Labute approximate surface area is 245 Å². The van der Waals surface area contributed by atoms with E-state index >= 15 is 0 Å². The largest absolute Gasteiger partial charge is 0.349 e. The maximum absolute atomic E-state index is 13.6. The number of rotatable bonds is 13. The molecule has 1 saturated carbocycles. The average Bonchev–Trinajstić information content (AvgIpc) is 3.72. The fourth-order valence-corrected chi connectivity index (χ4v) is 5.02. The zero-order valence-corrected chi connectivity index (χ0v) is 24.6. The molecule has 1 aliphatic rings. The van der Waals surface area contributed by atoms with E-state index < -0.39 is 41.1 Å². The van der Waals surface area contributed by atoms with Crippen molar-refractivity contribution in [2.24, 2.45) is 11.8 Å². The predicted molar refractivity (Wildman–Crippen MR) is 158 cm³/mol. The van der Waals surface area contributed by atoms with Crippen molar-refractivity contribution in [2.45, 2.75) is 58.0 Å². The van der Waals surface area contributed by atoms with E-state index in [1.54, 1.807) is 14.9 Å². The lowest BCUT2D eigenvalue weighted by molar-refractivity contribution is -0.140. The van der Waals surface area contributed by atoms with Gasteiger partial charge < -0.3 is 20.9 Å². The number of ketones is 1. The van der Waals surface area contributed by atoms with E-state index in [0.29, 0.717) is 24.4 Å². The minimum absolute atomic E-state index is 0.0717. The number of H-pyrrole nitrogens is 1. The number of carbonyl (C=O) groups is 4. The first-order valence-corrected chi connectivity index (χ1v) is 14.4. The van der Waals surface area contributed by atoms with E-state index in [1.165, 1.54) is 12.3 Å². The molecule has 12 heteroatoms. The molecule has 3 amide bonds. The van der Waals surface area contributed by atoms with Crippen LogP contribution in [0, 0.1) is 11.8 Å². The lowest BCUT2D eigenvalue weighted by Crippen LogP contribution is -2.55. The molecule has 40 heavy (non-hydrogen) atoms. The number of Topliss-reactive ketones (excluding diaryl/α,β-unsaturated/α-hetero) is 1. The summed E-state index contributed by atoms with van der Waals surface area (Å²) in [5, 5.41) is 8.07. The highest BCUT2D eigenvalue weighted by Crippen LogP contribution is 2.27. The average molecular weight is 661 g/mol. The highest BCUT2D eigenvalue weighted by Gasteiger charge is 2.33. The van der Waals surface area contributed by atoms with Crippen molar-refractivity contribution in [1.82, 2.24) is 28.7 Å². The van der Waals surface area contributed by atoms with Crippen LogP contribution in [0.5, 0.6) is 0 Å². The Balaban J connectivity index is 1.55. The predicted octanol–water partition coefficient (Wildman–Crippen LogP) is 2.28. The number of aromatic nitrogens is 3. The van der Waals surface area contributed by atoms with Crippen molar-refractivity contribution in [3.63, 3.8) is 0 Å². The molecule has 1 aromatic carbocycles. The summed E-state index contributed by atoms with van der Waals surface area (Å²) in [5.41, 5.74) is 1.23. The highest BCUT2D eigenvalue weighted by atomic mass is 127. The molecule has 212 valence electrons. The summed E-state index contributed by atoms with van der Waals surface area (Å²) in [7, 11) is 0. The zero-order valence-electron chi connectivity index (χ0n) is 22.4. The Morgan fingerprint density at radius 2 is 1.85 bits per heavy atom. The summed E-state index contributed by atoms with van der Waals surface area (Å²) < 4.78 is 1.62. The smallest absolute Gasteiger partial charge is 0.289 e. The maximum atomic E-state index is 13.6. The first-order chi connectivity index (χ1) is 19.2. The van der Waals surface area contributed by atoms with E-state index in [9.17, 15) is 24.0 Å². The van der Waals surface area contributed by atoms with Gasteiger partial charge in [-0.3, -0.25) is 26.8 Å². The molecule has 4 N–H and O–H groups in total. The molecule has 1 aliphatic carbocycles. The van der Waals surface area contributed by atoms with Crippen molar-refractivity contribution in [1.29, 1.82) is 0 Å². The van der Waals surface area contributed by atoms with Gasteiger partial charge in [0.05, 0.1) is 33.9 Å². The number of benzene rings is 1.